The van der Waals surface area contributed by atoms with Gasteiger partial charge in [0.1, 0.15) is 12.4 Å². The molecular weight excluding hydrogens is 542 g/mol. The fourth-order valence-electron chi connectivity index (χ4n) is 5.62. The molecule has 2 aliphatic heterocycles. The third-order valence-corrected chi connectivity index (χ3v) is 8.31. The number of carbonyl (C=O) groups excluding carboxylic acids is 1. The van der Waals surface area contributed by atoms with E-state index >= 15 is 0 Å². The first-order valence-corrected chi connectivity index (χ1v) is 15.1. The van der Waals surface area contributed by atoms with Gasteiger partial charge >= 0.3 is 0 Å². The second-order valence-electron chi connectivity index (χ2n) is 11.4. The Balaban J connectivity index is 1.12. The molecule has 3 aromatic carbocycles. The van der Waals surface area contributed by atoms with E-state index in [-0.39, 0.29) is 5.91 Å². The predicted octanol–water partition coefficient (Wildman–Crippen LogP) is 3.91. The van der Waals surface area contributed by atoms with Gasteiger partial charge in [0.05, 0.1) is 30.0 Å². The van der Waals surface area contributed by atoms with Crippen LogP contribution in [0.5, 0.6) is 5.75 Å². The number of aromatic amines is 1. The summed E-state index contributed by atoms with van der Waals surface area (Å²) in [5, 5.41) is 11.4. The van der Waals surface area contributed by atoms with Crippen LogP contribution in [0, 0.1) is 0 Å². The maximum Gasteiger partial charge on any atom is 0.258 e. The fraction of sp³-hybridized carbons (Fsp3) is 0.394. The number of hydrogen-bond acceptors (Lipinski definition) is 8. The first-order chi connectivity index (χ1) is 21.0. The summed E-state index contributed by atoms with van der Waals surface area (Å²) in [5.74, 6) is 1.06. The van der Waals surface area contributed by atoms with Crippen LogP contribution in [0.1, 0.15) is 15.9 Å². The zero-order valence-electron chi connectivity index (χ0n) is 25.1. The number of H-pyrrole nitrogens is 1. The van der Waals surface area contributed by atoms with E-state index in [1.54, 1.807) is 0 Å². The molecule has 0 bridgehead atoms. The first-order valence-electron chi connectivity index (χ1n) is 15.1. The Bertz CT molecular complexity index is 1510. The van der Waals surface area contributed by atoms with Crippen LogP contribution in [0.25, 0.3) is 10.9 Å². The topological polar surface area (TPSA) is 89.2 Å². The molecule has 10 heteroatoms. The van der Waals surface area contributed by atoms with Crippen LogP contribution in [0.2, 0.25) is 0 Å². The third kappa shape index (κ3) is 7.10. The Morgan fingerprint density at radius 2 is 1.56 bits per heavy atom. The zero-order chi connectivity index (χ0) is 29.6. The van der Waals surface area contributed by atoms with E-state index in [1.165, 1.54) is 5.69 Å². The molecule has 226 valence electrons. The predicted molar refractivity (Wildman–Crippen MR) is 172 cm³/mol. The summed E-state index contributed by atoms with van der Waals surface area (Å²) in [6.07, 6.45) is 0. The van der Waals surface area contributed by atoms with Crippen LogP contribution < -0.4 is 19.9 Å². The molecule has 2 aliphatic rings. The van der Waals surface area contributed by atoms with E-state index in [9.17, 15) is 4.79 Å². The van der Waals surface area contributed by atoms with Gasteiger partial charge in [-0.2, -0.15) is 5.10 Å². The summed E-state index contributed by atoms with van der Waals surface area (Å²) in [7, 11) is 4.31. The molecule has 10 nitrogen and oxygen atoms in total. The minimum atomic E-state index is -0.164. The summed E-state index contributed by atoms with van der Waals surface area (Å²) >= 11 is 0. The van der Waals surface area contributed by atoms with E-state index in [0.29, 0.717) is 37.0 Å². The molecule has 3 heterocycles. The Labute approximate surface area is 253 Å². The van der Waals surface area contributed by atoms with Gasteiger partial charge in [0.2, 0.25) is 0 Å². The molecule has 6 rings (SSSR count). The smallest absolute Gasteiger partial charge is 0.258 e. The van der Waals surface area contributed by atoms with Gasteiger partial charge in [0.25, 0.3) is 5.91 Å². The van der Waals surface area contributed by atoms with E-state index in [4.69, 9.17) is 9.47 Å². The summed E-state index contributed by atoms with van der Waals surface area (Å²) in [6.45, 7) is 9.22. The van der Waals surface area contributed by atoms with Gasteiger partial charge in [-0.1, -0.05) is 30.3 Å². The minimum Gasteiger partial charge on any atom is -0.491 e. The largest absolute Gasteiger partial charge is 0.491 e. The molecule has 0 atom stereocenters. The van der Waals surface area contributed by atoms with Crippen molar-refractivity contribution in [3.63, 3.8) is 0 Å². The van der Waals surface area contributed by atoms with Crippen LogP contribution in [0.15, 0.2) is 66.7 Å². The number of aromatic nitrogens is 2. The number of likely N-dealkylation sites (N-methyl/N-ethyl adjacent to an activating group) is 2. The van der Waals surface area contributed by atoms with Gasteiger partial charge in [-0.05, 0) is 50.0 Å². The molecule has 0 unspecified atom stereocenters. The molecule has 0 saturated carbocycles. The van der Waals surface area contributed by atoms with Gasteiger partial charge in [-0.15, -0.1) is 0 Å². The lowest BCUT2D eigenvalue weighted by Gasteiger charge is -2.37. The summed E-state index contributed by atoms with van der Waals surface area (Å²) in [6, 6.07) is 22.0. The normalized spacial score (nSPS) is 16.5. The molecule has 4 aromatic rings. The number of anilines is 3. The van der Waals surface area contributed by atoms with Gasteiger partial charge in [-0.25, -0.2) is 0 Å². The van der Waals surface area contributed by atoms with Gasteiger partial charge in [0.15, 0.2) is 5.82 Å². The highest BCUT2D eigenvalue weighted by atomic mass is 16.5. The molecule has 1 amide bonds. The molecule has 2 N–H and O–H groups in total. The maximum atomic E-state index is 13.7. The van der Waals surface area contributed by atoms with Crippen molar-refractivity contribution in [3.05, 3.63) is 77.9 Å². The number of fused-ring (bicyclic) bond motifs is 1. The highest BCUT2D eigenvalue weighted by molar-refractivity contribution is 6.11. The van der Waals surface area contributed by atoms with Crippen molar-refractivity contribution in [3.8, 4) is 5.75 Å². The number of piperazine rings is 2. The third-order valence-electron chi connectivity index (χ3n) is 8.31. The highest BCUT2D eigenvalue weighted by Gasteiger charge is 2.24. The molecule has 1 aromatic heterocycles. The molecule has 0 spiro atoms. The molecule has 2 saturated heterocycles. The highest BCUT2D eigenvalue weighted by Crippen LogP contribution is 2.31. The number of hydrogen-bond donors (Lipinski definition) is 2. The number of nitrogens with zero attached hydrogens (tertiary/aromatic N) is 5. The van der Waals surface area contributed by atoms with Crippen LogP contribution in [0.4, 0.5) is 17.2 Å². The Hall–Kier alpha value is -4.12. The molecule has 0 radical (unpaired) electrons. The number of carbonyl (C=O) groups is 1. The van der Waals surface area contributed by atoms with E-state index < -0.39 is 0 Å². The standard InChI is InChI=1S/C33H41N7O3/c1-37-12-16-39(17-13-37)26-8-10-29(31(22-26)40-18-14-38(2)15-19-40)33(41)34-32-28-11-9-27(23-30(28)35-36-32)43-21-20-42-24-25-6-4-3-5-7-25/h3-11,22-23H,12-21,24H2,1-2H3,(H2,34,35,36,41). The lowest BCUT2D eigenvalue weighted by molar-refractivity contribution is 0.0889. The van der Waals surface area contributed by atoms with Crippen molar-refractivity contribution in [1.29, 1.82) is 0 Å². The van der Waals surface area contributed by atoms with E-state index in [0.717, 1.165) is 74.5 Å². The van der Waals surface area contributed by atoms with Crippen molar-refractivity contribution in [2.24, 2.45) is 0 Å². The van der Waals surface area contributed by atoms with Crippen molar-refractivity contribution < 1.29 is 14.3 Å². The molecule has 43 heavy (non-hydrogen) atoms. The van der Waals surface area contributed by atoms with Crippen molar-refractivity contribution in [2.45, 2.75) is 6.61 Å². The lowest BCUT2D eigenvalue weighted by Crippen LogP contribution is -2.46. The summed E-state index contributed by atoms with van der Waals surface area (Å²) < 4.78 is 11.6. The molecular formula is C33H41N7O3. The SMILES string of the molecule is CN1CCN(c2ccc(C(=O)Nc3n[nH]c4cc(OCCOCc5ccccc5)ccc34)c(N3CCN(C)CC3)c2)CC1. The molecule has 0 aliphatic carbocycles. The average Bonchev–Trinajstić information content (AvgIpc) is 3.43. The Morgan fingerprint density at radius 1 is 0.837 bits per heavy atom. The van der Waals surface area contributed by atoms with Crippen molar-refractivity contribution >= 4 is 34.0 Å². The van der Waals surface area contributed by atoms with Crippen molar-refractivity contribution in [1.82, 2.24) is 20.0 Å². The van der Waals surface area contributed by atoms with E-state index in [2.05, 4.69) is 61.3 Å². The monoisotopic (exact) mass is 583 g/mol. The summed E-state index contributed by atoms with van der Waals surface area (Å²) in [5.41, 5.74) is 4.74. The first kappa shape index (κ1) is 29.0. The number of amides is 1. The minimum absolute atomic E-state index is 0.164. The second-order valence-corrected chi connectivity index (χ2v) is 11.4. The molecule has 2 fully saturated rings. The average molecular weight is 584 g/mol. The van der Waals surface area contributed by atoms with E-state index in [1.807, 2.05) is 54.6 Å². The Morgan fingerprint density at radius 3 is 2.30 bits per heavy atom. The van der Waals surface area contributed by atoms with Gasteiger partial charge in [-0.3, -0.25) is 9.89 Å². The quantitative estimate of drug-likeness (QED) is 0.272. The van der Waals surface area contributed by atoms with Crippen LogP contribution in [0.3, 0.4) is 0 Å². The van der Waals surface area contributed by atoms with Crippen LogP contribution in [-0.2, 0) is 11.3 Å². The van der Waals surface area contributed by atoms with Crippen molar-refractivity contribution in [2.75, 3.05) is 94.8 Å². The lowest BCUT2D eigenvalue weighted by atomic mass is 10.1. The zero-order valence-corrected chi connectivity index (χ0v) is 25.1. The second kappa shape index (κ2) is 13.5. The van der Waals surface area contributed by atoms with Gasteiger partial charge in [0, 0.05) is 69.5 Å². The fourth-order valence-corrected chi connectivity index (χ4v) is 5.62. The van der Waals surface area contributed by atoms with Crippen LogP contribution >= 0.6 is 0 Å². The maximum absolute atomic E-state index is 13.7. The summed E-state index contributed by atoms with van der Waals surface area (Å²) in [4.78, 5) is 23.2. The number of ether oxygens (including phenoxy) is 2. The van der Waals surface area contributed by atoms with Gasteiger partial charge < -0.3 is 34.4 Å². The number of nitrogens with one attached hydrogen (secondary N) is 2. The van der Waals surface area contributed by atoms with Crippen LogP contribution in [-0.4, -0.2) is 106 Å². The Kier molecular flexibility index (Phi) is 9.07. The number of rotatable bonds is 10. The number of benzene rings is 3.